The third-order valence-electron chi connectivity index (χ3n) is 4.15. The molecular formula is C18H35IN4O4. The second-order valence-electron chi connectivity index (χ2n) is 7.57. The summed E-state index contributed by atoms with van der Waals surface area (Å²) in [5.74, 6) is 0.852. The lowest BCUT2D eigenvalue weighted by Crippen LogP contribution is -2.53. The van der Waals surface area contributed by atoms with Crippen LogP contribution in [0.4, 0.5) is 4.79 Å². The number of guanidine groups is 1. The first-order chi connectivity index (χ1) is 12.4. The van der Waals surface area contributed by atoms with Crippen LogP contribution < -0.4 is 10.6 Å². The number of halogens is 1. The molecule has 2 N–H and O–H groups in total. The van der Waals surface area contributed by atoms with Gasteiger partial charge in [0.2, 0.25) is 0 Å². The van der Waals surface area contributed by atoms with Crippen LogP contribution in [0, 0.1) is 0 Å². The van der Waals surface area contributed by atoms with E-state index < -0.39 is 11.7 Å². The fraction of sp³-hybridized carbons (Fsp3) is 0.889. The average Bonchev–Trinajstić information content (AvgIpc) is 3.11. The normalized spacial score (nSPS) is 23.6. The van der Waals surface area contributed by atoms with Gasteiger partial charge in [0.25, 0.3) is 0 Å². The van der Waals surface area contributed by atoms with Gasteiger partial charge in [0, 0.05) is 32.8 Å². The van der Waals surface area contributed by atoms with Crippen LogP contribution in [0.15, 0.2) is 4.99 Å². The molecule has 158 valence electrons. The van der Waals surface area contributed by atoms with Crippen LogP contribution in [0.1, 0.15) is 40.5 Å². The number of carbonyl (C=O) groups excluding carboxylic acids is 1. The van der Waals surface area contributed by atoms with Gasteiger partial charge in [-0.2, -0.15) is 0 Å². The Hall–Kier alpha value is -0.810. The van der Waals surface area contributed by atoms with Gasteiger partial charge in [-0.1, -0.05) is 0 Å². The zero-order valence-electron chi connectivity index (χ0n) is 17.0. The number of nitrogens with one attached hydrogen (secondary N) is 2. The standard InChI is InChI=1S/C18H34N4O4.HI/c1-5-19-16(20-8-9-21-17(23)26-18(2,3)4)22-10-12-25-15(13-22)14-7-6-11-24-14;/h14-15H,5-13H2,1-4H3,(H,19,20)(H,21,23);1H. The fourth-order valence-electron chi connectivity index (χ4n) is 3.05. The van der Waals surface area contributed by atoms with E-state index in [1.807, 2.05) is 27.7 Å². The highest BCUT2D eigenvalue weighted by Gasteiger charge is 2.32. The van der Waals surface area contributed by atoms with Gasteiger partial charge in [0.05, 0.1) is 19.3 Å². The number of amides is 1. The number of hydrogen-bond donors (Lipinski definition) is 2. The van der Waals surface area contributed by atoms with Crippen LogP contribution >= 0.6 is 24.0 Å². The Morgan fingerprint density at radius 1 is 1.22 bits per heavy atom. The predicted molar refractivity (Wildman–Crippen MR) is 116 cm³/mol. The Kier molecular flexibility index (Phi) is 10.7. The van der Waals surface area contributed by atoms with Gasteiger partial charge in [-0.15, -0.1) is 24.0 Å². The van der Waals surface area contributed by atoms with Gasteiger partial charge in [-0.3, -0.25) is 4.99 Å². The highest BCUT2D eigenvalue weighted by atomic mass is 127. The largest absolute Gasteiger partial charge is 0.444 e. The summed E-state index contributed by atoms with van der Waals surface area (Å²) in [7, 11) is 0. The van der Waals surface area contributed by atoms with Crippen molar-refractivity contribution in [2.24, 2.45) is 4.99 Å². The quantitative estimate of drug-likeness (QED) is 0.261. The van der Waals surface area contributed by atoms with Crippen molar-refractivity contribution < 1.29 is 19.0 Å². The van der Waals surface area contributed by atoms with Crippen LogP contribution in [0.5, 0.6) is 0 Å². The first-order valence-electron chi connectivity index (χ1n) is 9.62. The molecule has 2 heterocycles. The molecule has 0 radical (unpaired) electrons. The van der Waals surface area contributed by atoms with Gasteiger partial charge >= 0.3 is 6.09 Å². The van der Waals surface area contributed by atoms with Gasteiger partial charge in [-0.05, 0) is 40.5 Å². The van der Waals surface area contributed by atoms with E-state index in [1.165, 1.54) is 0 Å². The number of aliphatic imine (C=N–C) groups is 1. The number of ether oxygens (including phenoxy) is 3. The molecule has 2 saturated heterocycles. The molecule has 2 aliphatic heterocycles. The Balaban J connectivity index is 0.00000364. The summed E-state index contributed by atoms with van der Waals surface area (Å²) >= 11 is 0. The van der Waals surface area contributed by atoms with E-state index >= 15 is 0 Å². The number of carbonyl (C=O) groups is 1. The Labute approximate surface area is 179 Å². The van der Waals surface area contributed by atoms with Gasteiger partial charge < -0.3 is 29.7 Å². The fourth-order valence-corrected chi connectivity index (χ4v) is 3.05. The van der Waals surface area contributed by atoms with Crippen molar-refractivity contribution in [2.45, 2.75) is 58.3 Å². The topological polar surface area (TPSA) is 84.4 Å². The van der Waals surface area contributed by atoms with Gasteiger partial charge in [0.15, 0.2) is 5.96 Å². The maximum Gasteiger partial charge on any atom is 0.407 e. The Morgan fingerprint density at radius 3 is 2.59 bits per heavy atom. The molecule has 0 aromatic rings. The first kappa shape index (κ1) is 24.2. The zero-order chi connectivity index (χ0) is 19.0. The van der Waals surface area contributed by atoms with Crippen molar-refractivity contribution >= 4 is 36.0 Å². The molecule has 0 spiro atoms. The van der Waals surface area contributed by atoms with Gasteiger partial charge in [-0.25, -0.2) is 4.79 Å². The van der Waals surface area contributed by atoms with Crippen molar-refractivity contribution in [3.63, 3.8) is 0 Å². The molecule has 0 bridgehead atoms. The van der Waals surface area contributed by atoms with Crippen LogP contribution in [-0.4, -0.2) is 80.7 Å². The Bertz CT molecular complexity index is 478. The van der Waals surface area contributed by atoms with E-state index in [4.69, 9.17) is 14.2 Å². The van der Waals surface area contributed by atoms with Crippen LogP contribution in [0.3, 0.4) is 0 Å². The van der Waals surface area contributed by atoms with Crippen molar-refractivity contribution in [2.75, 3.05) is 45.9 Å². The van der Waals surface area contributed by atoms with E-state index in [2.05, 4.69) is 20.5 Å². The van der Waals surface area contributed by atoms with E-state index in [1.54, 1.807) is 0 Å². The average molecular weight is 498 g/mol. The molecule has 2 atom stereocenters. The van der Waals surface area contributed by atoms with Crippen LogP contribution in [0.25, 0.3) is 0 Å². The lowest BCUT2D eigenvalue weighted by atomic mass is 10.1. The highest BCUT2D eigenvalue weighted by Crippen LogP contribution is 2.21. The number of rotatable bonds is 5. The summed E-state index contributed by atoms with van der Waals surface area (Å²) < 4.78 is 16.9. The van der Waals surface area contributed by atoms with Crippen LogP contribution in [-0.2, 0) is 14.2 Å². The highest BCUT2D eigenvalue weighted by molar-refractivity contribution is 14.0. The molecule has 2 rings (SSSR count). The SMILES string of the molecule is CCNC(=NCCNC(=O)OC(C)(C)C)N1CCOC(C2CCCO2)C1.I. The molecule has 0 saturated carbocycles. The lowest BCUT2D eigenvalue weighted by molar-refractivity contribution is -0.0817. The lowest BCUT2D eigenvalue weighted by Gasteiger charge is -2.37. The summed E-state index contributed by atoms with van der Waals surface area (Å²) in [6.45, 7) is 12.4. The van der Waals surface area contributed by atoms with E-state index in [0.717, 1.165) is 45.0 Å². The molecule has 2 aliphatic rings. The maximum atomic E-state index is 11.7. The number of alkyl carbamates (subject to hydrolysis) is 1. The minimum atomic E-state index is -0.493. The monoisotopic (exact) mass is 498 g/mol. The summed E-state index contributed by atoms with van der Waals surface area (Å²) in [5.41, 5.74) is -0.493. The summed E-state index contributed by atoms with van der Waals surface area (Å²) in [6, 6.07) is 0. The van der Waals surface area contributed by atoms with E-state index in [9.17, 15) is 4.79 Å². The molecular weight excluding hydrogens is 463 g/mol. The first-order valence-corrected chi connectivity index (χ1v) is 9.62. The molecule has 27 heavy (non-hydrogen) atoms. The molecule has 0 aliphatic carbocycles. The molecule has 2 unspecified atom stereocenters. The molecule has 0 aromatic heterocycles. The van der Waals surface area contributed by atoms with Crippen molar-refractivity contribution in [1.29, 1.82) is 0 Å². The predicted octanol–water partition coefficient (Wildman–Crippen LogP) is 1.97. The number of morpholine rings is 1. The molecule has 2 fully saturated rings. The second kappa shape index (κ2) is 11.9. The zero-order valence-corrected chi connectivity index (χ0v) is 19.3. The minimum Gasteiger partial charge on any atom is -0.444 e. The van der Waals surface area contributed by atoms with Crippen molar-refractivity contribution in [3.05, 3.63) is 0 Å². The maximum absolute atomic E-state index is 11.7. The summed E-state index contributed by atoms with van der Waals surface area (Å²) in [4.78, 5) is 18.5. The second-order valence-corrected chi connectivity index (χ2v) is 7.57. The third-order valence-corrected chi connectivity index (χ3v) is 4.15. The van der Waals surface area contributed by atoms with Crippen molar-refractivity contribution in [3.8, 4) is 0 Å². The smallest absolute Gasteiger partial charge is 0.407 e. The molecule has 9 heteroatoms. The summed E-state index contributed by atoms with van der Waals surface area (Å²) in [6.07, 6.45) is 2.04. The molecule has 8 nitrogen and oxygen atoms in total. The molecule has 1 amide bonds. The van der Waals surface area contributed by atoms with Crippen molar-refractivity contribution in [1.82, 2.24) is 15.5 Å². The minimum absolute atomic E-state index is 0. The van der Waals surface area contributed by atoms with E-state index in [-0.39, 0.29) is 36.2 Å². The number of nitrogens with zero attached hydrogens (tertiary/aromatic N) is 2. The third kappa shape index (κ3) is 8.82. The summed E-state index contributed by atoms with van der Waals surface area (Å²) in [5, 5.41) is 6.06. The Morgan fingerprint density at radius 2 is 1.96 bits per heavy atom. The van der Waals surface area contributed by atoms with Crippen LogP contribution in [0.2, 0.25) is 0 Å². The van der Waals surface area contributed by atoms with Gasteiger partial charge in [0.1, 0.15) is 11.7 Å². The molecule has 0 aromatic carbocycles. The van der Waals surface area contributed by atoms with E-state index in [0.29, 0.717) is 19.7 Å². The number of hydrogen-bond acceptors (Lipinski definition) is 5.